The third-order valence-electron chi connectivity index (χ3n) is 2.69. The van der Waals surface area contributed by atoms with Crippen molar-refractivity contribution in [1.82, 2.24) is 15.5 Å². The minimum atomic E-state index is 0.00225. The number of rotatable bonds is 5. The van der Waals surface area contributed by atoms with Gasteiger partial charge in [0.1, 0.15) is 6.10 Å². The third-order valence-corrected chi connectivity index (χ3v) is 2.69. The van der Waals surface area contributed by atoms with E-state index in [4.69, 9.17) is 9.15 Å². The van der Waals surface area contributed by atoms with Gasteiger partial charge < -0.3 is 14.5 Å². The zero-order chi connectivity index (χ0) is 11.4. The molecule has 2 heterocycles. The van der Waals surface area contributed by atoms with E-state index in [1.54, 1.807) is 0 Å². The first kappa shape index (κ1) is 11.5. The molecule has 2 unspecified atom stereocenters. The minimum absolute atomic E-state index is 0.00225. The zero-order valence-electron chi connectivity index (χ0n) is 9.90. The van der Waals surface area contributed by atoms with E-state index in [2.05, 4.69) is 29.4 Å². The highest BCUT2D eigenvalue weighted by Gasteiger charge is 2.27. The summed E-state index contributed by atoms with van der Waals surface area (Å²) < 4.78 is 11.2. The van der Waals surface area contributed by atoms with Gasteiger partial charge in [-0.3, -0.25) is 0 Å². The highest BCUT2D eigenvalue weighted by Crippen LogP contribution is 2.31. The Kier molecular flexibility index (Phi) is 3.90. The lowest BCUT2D eigenvalue weighted by atomic mass is 10.2. The Morgan fingerprint density at radius 1 is 1.38 bits per heavy atom. The summed E-state index contributed by atoms with van der Waals surface area (Å²) in [6, 6.07) is 0. The van der Waals surface area contributed by atoms with Crippen LogP contribution in [0, 0.1) is 0 Å². The number of nitrogens with one attached hydrogen (secondary N) is 1. The van der Waals surface area contributed by atoms with E-state index >= 15 is 0 Å². The van der Waals surface area contributed by atoms with Crippen LogP contribution in [0.5, 0.6) is 0 Å². The van der Waals surface area contributed by atoms with Gasteiger partial charge in [0.2, 0.25) is 11.8 Å². The van der Waals surface area contributed by atoms with Gasteiger partial charge in [0.15, 0.2) is 0 Å². The minimum Gasteiger partial charge on any atom is -0.421 e. The van der Waals surface area contributed by atoms with Crippen LogP contribution in [-0.2, 0) is 11.3 Å². The van der Waals surface area contributed by atoms with Gasteiger partial charge >= 0.3 is 0 Å². The average Bonchev–Trinajstić information content (AvgIpc) is 2.87. The summed E-state index contributed by atoms with van der Waals surface area (Å²) in [6.45, 7) is 5.80. The van der Waals surface area contributed by atoms with E-state index in [0.717, 1.165) is 25.8 Å². The Morgan fingerprint density at radius 2 is 2.25 bits per heavy atom. The van der Waals surface area contributed by atoms with Crippen LogP contribution in [-0.4, -0.2) is 22.8 Å². The fourth-order valence-electron chi connectivity index (χ4n) is 1.82. The quantitative estimate of drug-likeness (QED) is 0.774. The van der Waals surface area contributed by atoms with Gasteiger partial charge in [0, 0.05) is 0 Å². The van der Waals surface area contributed by atoms with Crippen molar-refractivity contribution < 1.29 is 9.15 Å². The van der Waals surface area contributed by atoms with Crippen LogP contribution < -0.4 is 5.32 Å². The monoisotopic (exact) mass is 225 g/mol. The topological polar surface area (TPSA) is 60.2 Å². The first-order valence-corrected chi connectivity index (χ1v) is 5.98. The molecule has 0 radical (unpaired) electrons. The SMILES string of the molecule is CCCNCc1nnc(C2CCC(C)O2)o1. The first-order valence-electron chi connectivity index (χ1n) is 5.98. The molecule has 2 atom stereocenters. The molecule has 16 heavy (non-hydrogen) atoms. The van der Waals surface area contributed by atoms with Crippen molar-refractivity contribution in [3.8, 4) is 0 Å². The average molecular weight is 225 g/mol. The Bertz CT molecular complexity index is 327. The van der Waals surface area contributed by atoms with Crippen LogP contribution in [0.3, 0.4) is 0 Å². The number of nitrogens with zero attached hydrogens (tertiary/aromatic N) is 2. The second-order valence-corrected chi connectivity index (χ2v) is 4.22. The van der Waals surface area contributed by atoms with Crippen molar-refractivity contribution >= 4 is 0 Å². The highest BCUT2D eigenvalue weighted by molar-refractivity contribution is 4.90. The Balaban J connectivity index is 1.87. The summed E-state index contributed by atoms with van der Waals surface area (Å²) >= 11 is 0. The fraction of sp³-hybridized carbons (Fsp3) is 0.818. The predicted molar refractivity (Wildman–Crippen MR) is 58.8 cm³/mol. The highest BCUT2D eigenvalue weighted by atomic mass is 16.5. The first-order chi connectivity index (χ1) is 7.79. The second kappa shape index (κ2) is 5.41. The van der Waals surface area contributed by atoms with Crippen molar-refractivity contribution in [2.45, 2.75) is 51.9 Å². The Morgan fingerprint density at radius 3 is 2.94 bits per heavy atom. The van der Waals surface area contributed by atoms with E-state index in [9.17, 15) is 0 Å². The molecule has 0 amide bonds. The van der Waals surface area contributed by atoms with Crippen molar-refractivity contribution in [2.75, 3.05) is 6.54 Å². The summed E-state index contributed by atoms with van der Waals surface area (Å²) in [4.78, 5) is 0. The molecule has 0 spiro atoms. The van der Waals surface area contributed by atoms with Crippen molar-refractivity contribution in [3.05, 3.63) is 11.8 Å². The molecule has 0 aromatic carbocycles. The smallest absolute Gasteiger partial charge is 0.245 e. The van der Waals surface area contributed by atoms with Gasteiger partial charge in [0.25, 0.3) is 0 Å². The Hall–Kier alpha value is -0.940. The van der Waals surface area contributed by atoms with E-state index in [1.807, 2.05) is 0 Å². The molecule has 1 fully saturated rings. The summed E-state index contributed by atoms with van der Waals surface area (Å²) in [5, 5.41) is 11.3. The summed E-state index contributed by atoms with van der Waals surface area (Å²) in [7, 11) is 0. The van der Waals surface area contributed by atoms with Gasteiger partial charge in [-0.05, 0) is 32.7 Å². The van der Waals surface area contributed by atoms with Gasteiger partial charge in [-0.25, -0.2) is 0 Å². The van der Waals surface area contributed by atoms with Crippen LogP contribution in [0.25, 0.3) is 0 Å². The van der Waals surface area contributed by atoms with E-state index < -0.39 is 0 Å². The van der Waals surface area contributed by atoms with Crippen molar-refractivity contribution in [3.63, 3.8) is 0 Å². The van der Waals surface area contributed by atoms with E-state index in [1.165, 1.54) is 0 Å². The van der Waals surface area contributed by atoms with Crippen LogP contribution in [0.15, 0.2) is 4.42 Å². The summed E-state index contributed by atoms with van der Waals surface area (Å²) in [6.07, 6.45) is 3.45. The largest absolute Gasteiger partial charge is 0.421 e. The lowest BCUT2D eigenvalue weighted by molar-refractivity contribution is 0.0383. The number of hydrogen-bond donors (Lipinski definition) is 1. The number of ether oxygens (including phenoxy) is 1. The van der Waals surface area contributed by atoms with Gasteiger partial charge in [-0.1, -0.05) is 6.92 Å². The lowest BCUT2D eigenvalue weighted by Gasteiger charge is -2.05. The molecule has 0 bridgehead atoms. The molecule has 1 aromatic rings. The van der Waals surface area contributed by atoms with E-state index in [0.29, 0.717) is 24.4 Å². The summed E-state index contributed by atoms with van der Waals surface area (Å²) in [5.74, 6) is 1.27. The Labute approximate surface area is 95.6 Å². The van der Waals surface area contributed by atoms with Crippen molar-refractivity contribution in [1.29, 1.82) is 0 Å². The molecule has 1 N–H and O–H groups in total. The maximum Gasteiger partial charge on any atom is 0.245 e. The molecular formula is C11H19N3O2. The maximum absolute atomic E-state index is 5.67. The lowest BCUT2D eigenvalue weighted by Crippen LogP contribution is -2.13. The van der Waals surface area contributed by atoms with Crippen LogP contribution in [0.4, 0.5) is 0 Å². The standard InChI is InChI=1S/C11H19N3O2/c1-3-6-12-7-10-13-14-11(16-10)9-5-4-8(2)15-9/h8-9,12H,3-7H2,1-2H3. The molecule has 1 aromatic heterocycles. The molecular weight excluding hydrogens is 206 g/mol. The molecule has 1 aliphatic heterocycles. The molecule has 5 heteroatoms. The van der Waals surface area contributed by atoms with Gasteiger partial charge in [-0.2, -0.15) is 0 Å². The fourth-order valence-corrected chi connectivity index (χ4v) is 1.82. The molecule has 1 aliphatic rings. The number of hydrogen-bond acceptors (Lipinski definition) is 5. The number of aromatic nitrogens is 2. The van der Waals surface area contributed by atoms with Crippen LogP contribution in [0.1, 0.15) is 51.0 Å². The molecule has 90 valence electrons. The molecule has 5 nitrogen and oxygen atoms in total. The second-order valence-electron chi connectivity index (χ2n) is 4.22. The molecule has 1 saturated heterocycles. The van der Waals surface area contributed by atoms with Crippen LogP contribution >= 0.6 is 0 Å². The normalized spacial score (nSPS) is 25.1. The van der Waals surface area contributed by atoms with E-state index in [-0.39, 0.29) is 6.10 Å². The molecule has 2 rings (SSSR count). The maximum atomic E-state index is 5.67. The van der Waals surface area contributed by atoms with Crippen LogP contribution in [0.2, 0.25) is 0 Å². The van der Waals surface area contributed by atoms with Gasteiger partial charge in [0.05, 0.1) is 12.6 Å². The molecule has 0 saturated carbocycles. The summed E-state index contributed by atoms with van der Waals surface area (Å²) in [5.41, 5.74) is 0. The third kappa shape index (κ3) is 2.80. The molecule has 0 aliphatic carbocycles. The van der Waals surface area contributed by atoms with Crippen molar-refractivity contribution in [2.24, 2.45) is 0 Å². The van der Waals surface area contributed by atoms with Gasteiger partial charge in [-0.15, -0.1) is 10.2 Å². The zero-order valence-corrected chi connectivity index (χ0v) is 9.90. The predicted octanol–water partition coefficient (Wildman–Crippen LogP) is 1.81.